The van der Waals surface area contributed by atoms with Gasteiger partial charge in [-0.25, -0.2) is 0 Å². The largest absolute Gasteiger partial charge is 0.380 e. The predicted molar refractivity (Wildman–Crippen MR) is 87.0 cm³/mol. The molecule has 19 heavy (non-hydrogen) atoms. The minimum absolute atomic E-state index is 0.328. The molecular formula is C12H9Br2ClN2OS. The van der Waals surface area contributed by atoms with Gasteiger partial charge in [-0.05, 0) is 56.1 Å². The van der Waals surface area contributed by atoms with Crippen molar-refractivity contribution in [2.45, 2.75) is 6.54 Å². The van der Waals surface area contributed by atoms with Crippen LogP contribution in [0.4, 0.5) is 5.69 Å². The van der Waals surface area contributed by atoms with Gasteiger partial charge in [-0.3, -0.25) is 4.79 Å². The molecule has 7 heteroatoms. The third-order valence-electron chi connectivity index (χ3n) is 2.40. The van der Waals surface area contributed by atoms with Crippen molar-refractivity contribution in [2.75, 3.05) is 5.32 Å². The van der Waals surface area contributed by atoms with Crippen LogP contribution in [0.1, 0.15) is 15.2 Å². The minimum atomic E-state index is -0.525. The van der Waals surface area contributed by atoms with Gasteiger partial charge < -0.3 is 11.1 Å². The highest BCUT2D eigenvalue weighted by atomic mass is 79.9. The molecule has 3 nitrogen and oxygen atoms in total. The summed E-state index contributed by atoms with van der Waals surface area (Å²) in [4.78, 5) is 12.2. The average Bonchev–Trinajstić information content (AvgIpc) is 2.66. The summed E-state index contributed by atoms with van der Waals surface area (Å²) in [6, 6.07) is 7.14. The lowest BCUT2D eigenvalue weighted by Crippen LogP contribution is -2.11. The summed E-state index contributed by atoms with van der Waals surface area (Å²) in [5.41, 5.74) is 6.37. The van der Waals surface area contributed by atoms with E-state index in [2.05, 4.69) is 37.2 Å². The molecule has 0 bridgehead atoms. The lowest BCUT2D eigenvalue weighted by Gasteiger charge is -2.07. The summed E-state index contributed by atoms with van der Waals surface area (Å²) in [5, 5.41) is 3.59. The monoisotopic (exact) mass is 422 g/mol. The summed E-state index contributed by atoms with van der Waals surface area (Å²) in [6.07, 6.45) is 0. The van der Waals surface area contributed by atoms with Crippen LogP contribution in [0.25, 0.3) is 0 Å². The van der Waals surface area contributed by atoms with Crippen LogP contribution in [-0.2, 0) is 6.54 Å². The normalized spacial score (nSPS) is 10.5. The number of benzene rings is 1. The van der Waals surface area contributed by atoms with Crippen LogP contribution in [0.15, 0.2) is 32.5 Å². The molecule has 0 unspecified atom stereocenters. The van der Waals surface area contributed by atoms with E-state index in [4.69, 9.17) is 17.3 Å². The lowest BCUT2D eigenvalue weighted by molar-refractivity contribution is 0.100. The lowest BCUT2D eigenvalue weighted by atomic mass is 10.2. The van der Waals surface area contributed by atoms with Crippen molar-refractivity contribution in [3.05, 3.63) is 48.0 Å². The van der Waals surface area contributed by atoms with Gasteiger partial charge >= 0.3 is 0 Å². The van der Waals surface area contributed by atoms with Gasteiger partial charge in [0.1, 0.15) is 0 Å². The third-order valence-corrected chi connectivity index (χ3v) is 5.97. The second kappa shape index (κ2) is 6.26. The van der Waals surface area contributed by atoms with Crippen LogP contribution in [-0.4, -0.2) is 5.91 Å². The van der Waals surface area contributed by atoms with Crippen molar-refractivity contribution in [3.8, 4) is 0 Å². The Balaban J connectivity index is 2.08. The minimum Gasteiger partial charge on any atom is -0.380 e. The molecule has 0 aliphatic carbocycles. The fraction of sp³-hybridized carbons (Fsp3) is 0.0833. The molecule has 100 valence electrons. The number of nitrogens with two attached hydrogens (primary N) is 1. The van der Waals surface area contributed by atoms with E-state index in [-0.39, 0.29) is 0 Å². The van der Waals surface area contributed by atoms with Gasteiger partial charge in [-0.2, -0.15) is 0 Å². The number of hydrogen-bond donors (Lipinski definition) is 2. The molecule has 0 atom stereocenters. The average molecular weight is 425 g/mol. The smallest absolute Gasteiger partial charge is 0.250 e. The first-order valence-corrected chi connectivity index (χ1v) is 8.02. The number of primary amides is 1. The zero-order chi connectivity index (χ0) is 14.0. The molecule has 0 fully saturated rings. The summed E-state index contributed by atoms with van der Waals surface area (Å²) in [6.45, 7) is 0.682. The quantitative estimate of drug-likeness (QED) is 0.751. The number of nitrogens with one attached hydrogen (secondary N) is 1. The van der Waals surface area contributed by atoms with E-state index >= 15 is 0 Å². The zero-order valence-electron chi connectivity index (χ0n) is 9.54. The summed E-state index contributed by atoms with van der Waals surface area (Å²) in [5.74, 6) is -0.525. The molecule has 1 heterocycles. The second-order valence-corrected chi connectivity index (χ2v) is 7.46. The Morgan fingerprint density at radius 3 is 2.63 bits per heavy atom. The van der Waals surface area contributed by atoms with Crippen LogP contribution >= 0.6 is 54.8 Å². The van der Waals surface area contributed by atoms with E-state index in [9.17, 15) is 4.79 Å². The molecule has 0 radical (unpaired) electrons. The van der Waals surface area contributed by atoms with Crippen molar-refractivity contribution >= 4 is 66.4 Å². The SMILES string of the molecule is NC(=O)c1ccc(NCc2cc(Br)c(Br)s2)cc1Cl. The molecule has 1 aromatic carbocycles. The van der Waals surface area contributed by atoms with E-state index in [1.807, 2.05) is 6.07 Å². The molecule has 0 aliphatic heterocycles. The van der Waals surface area contributed by atoms with Crippen LogP contribution in [0, 0.1) is 0 Å². The van der Waals surface area contributed by atoms with Crippen molar-refractivity contribution in [1.29, 1.82) is 0 Å². The third kappa shape index (κ3) is 3.72. The van der Waals surface area contributed by atoms with Crippen LogP contribution in [0.2, 0.25) is 5.02 Å². The van der Waals surface area contributed by atoms with Crippen LogP contribution in [0.5, 0.6) is 0 Å². The van der Waals surface area contributed by atoms with Gasteiger partial charge in [0.05, 0.1) is 14.4 Å². The van der Waals surface area contributed by atoms with Gasteiger partial charge in [-0.15, -0.1) is 11.3 Å². The number of hydrogen-bond acceptors (Lipinski definition) is 3. The van der Waals surface area contributed by atoms with Gasteiger partial charge in [0.25, 0.3) is 0 Å². The second-order valence-electron chi connectivity index (χ2n) is 3.75. The van der Waals surface area contributed by atoms with Gasteiger partial charge in [0.15, 0.2) is 0 Å². The van der Waals surface area contributed by atoms with E-state index in [1.165, 1.54) is 4.88 Å². The highest BCUT2D eigenvalue weighted by Gasteiger charge is 2.08. The summed E-state index contributed by atoms with van der Waals surface area (Å²) < 4.78 is 2.10. The standard InChI is InChI=1S/C12H9Br2ClN2OS/c13-9-4-7(19-11(9)14)5-17-6-1-2-8(12(16)18)10(15)3-6/h1-4,17H,5H2,(H2,16,18). The number of thiophene rings is 1. The van der Waals surface area contributed by atoms with E-state index in [1.54, 1.807) is 29.5 Å². The molecule has 2 rings (SSSR count). The van der Waals surface area contributed by atoms with E-state index < -0.39 is 5.91 Å². The number of halogens is 3. The molecule has 0 saturated heterocycles. The number of carbonyl (C=O) groups is 1. The molecule has 2 aromatic rings. The topological polar surface area (TPSA) is 55.1 Å². The predicted octanol–water partition coefficient (Wildman–Crippen LogP) is 4.64. The molecule has 3 N–H and O–H groups in total. The molecule has 0 spiro atoms. The van der Waals surface area contributed by atoms with Gasteiger partial charge in [0, 0.05) is 21.6 Å². The first kappa shape index (κ1) is 14.8. The Bertz CT molecular complexity index is 611. The number of rotatable bonds is 4. The highest BCUT2D eigenvalue weighted by Crippen LogP contribution is 2.32. The Labute approximate surface area is 136 Å². The van der Waals surface area contributed by atoms with Crippen molar-refractivity contribution in [3.63, 3.8) is 0 Å². The zero-order valence-corrected chi connectivity index (χ0v) is 14.3. The first-order valence-electron chi connectivity index (χ1n) is 5.24. The maximum Gasteiger partial charge on any atom is 0.250 e. The fourth-order valence-corrected chi connectivity index (χ4v) is 3.88. The maximum atomic E-state index is 11.1. The molecule has 1 amide bonds. The van der Waals surface area contributed by atoms with Crippen molar-refractivity contribution in [1.82, 2.24) is 0 Å². The Kier molecular flexibility index (Phi) is 4.89. The molecule has 0 aliphatic rings. The van der Waals surface area contributed by atoms with E-state index in [0.29, 0.717) is 17.1 Å². The van der Waals surface area contributed by atoms with Gasteiger partial charge in [0.2, 0.25) is 5.91 Å². The number of amides is 1. The molecule has 0 saturated carbocycles. The highest BCUT2D eigenvalue weighted by molar-refractivity contribution is 9.13. The van der Waals surface area contributed by atoms with E-state index in [0.717, 1.165) is 13.9 Å². The van der Waals surface area contributed by atoms with Crippen molar-refractivity contribution in [2.24, 2.45) is 5.73 Å². The van der Waals surface area contributed by atoms with Gasteiger partial charge in [-0.1, -0.05) is 11.6 Å². The summed E-state index contributed by atoms with van der Waals surface area (Å²) >= 11 is 14.5. The molecule has 1 aromatic heterocycles. The van der Waals surface area contributed by atoms with Crippen LogP contribution in [0.3, 0.4) is 0 Å². The maximum absolute atomic E-state index is 11.1. The Hall–Kier alpha value is -0.560. The number of anilines is 1. The Morgan fingerprint density at radius 2 is 2.11 bits per heavy atom. The van der Waals surface area contributed by atoms with Crippen molar-refractivity contribution < 1.29 is 4.79 Å². The molecular weight excluding hydrogens is 415 g/mol. The number of carbonyl (C=O) groups excluding carboxylic acids is 1. The fourth-order valence-electron chi connectivity index (χ4n) is 1.49. The van der Waals surface area contributed by atoms with Crippen LogP contribution < -0.4 is 11.1 Å². The summed E-state index contributed by atoms with van der Waals surface area (Å²) in [7, 11) is 0. The Morgan fingerprint density at radius 1 is 1.37 bits per heavy atom. The first-order chi connectivity index (χ1) is 8.97.